The largest absolute Gasteiger partial charge is 0.460 e. The van der Waals surface area contributed by atoms with Crippen molar-refractivity contribution in [3.63, 3.8) is 0 Å². The third-order valence-electron chi connectivity index (χ3n) is 4.22. The molecule has 0 atom stereocenters. The summed E-state index contributed by atoms with van der Waals surface area (Å²) < 4.78 is 204. The zero-order valence-corrected chi connectivity index (χ0v) is 15.7. The summed E-state index contributed by atoms with van der Waals surface area (Å²) in [4.78, 5) is 2.59. The Balaban J connectivity index is 2.58. The van der Waals surface area contributed by atoms with Gasteiger partial charge < -0.3 is 4.52 Å². The van der Waals surface area contributed by atoms with E-state index in [2.05, 4.69) is 14.7 Å². The number of hydrogen-bond donors (Lipinski definition) is 0. The number of alkyl halides is 15. The van der Waals surface area contributed by atoms with Crippen LogP contribution in [0.15, 0.2) is 29.0 Å². The topological polar surface area (TPSA) is 42.8 Å². The van der Waals surface area contributed by atoms with E-state index in [0.29, 0.717) is 0 Å². The lowest BCUT2D eigenvalue weighted by atomic mass is 9.91. The molecule has 0 bridgehead atoms. The van der Waals surface area contributed by atoms with Crippen LogP contribution >= 0.6 is 0 Å². The number of rotatable bonds is 7. The van der Waals surface area contributed by atoms with E-state index in [4.69, 9.17) is 0 Å². The van der Waals surface area contributed by atoms with Gasteiger partial charge in [-0.15, -0.1) is 0 Å². The Kier molecular flexibility index (Phi) is 6.16. The molecular weight excluding hydrogens is 523 g/mol. The zero-order valence-electron chi connectivity index (χ0n) is 15.7. The van der Waals surface area contributed by atoms with Crippen molar-refractivity contribution in [1.82, 2.24) is 10.1 Å². The maximum Gasteiger partial charge on any atom is 0.460 e. The highest BCUT2D eigenvalue weighted by molar-refractivity contribution is 5.49. The van der Waals surface area contributed by atoms with Gasteiger partial charge in [0.05, 0.1) is 0 Å². The molecule has 0 aliphatic carbocycles. The number of halogens is 15. The van der Waals surface area contributed by atoms with Crippen LogP contribution in [0.5, 0.6) is 0 Å². The fourth-order valence-corrected chi connectivity index (χ4v) is 2.29. The maximum absolute atomic E-state index is 14.1. The molecular formula is C15H7F15N3O+. The van der Waals surface area contributed by atoms with Gasteiger partial charge in [-0.2, -0.15) is 70.8 Å². The molecule has 19 heteroatoms. The third-order valence-corrected chi connectivity index (χ3v) is 4.22. The lowest BCUT2D eigenvalue weighted by molar-refractivity contribution is -0.671. The molecule has 2 aromatic rings. The molecule has 0 N–H and O–H groups in total. The van der Waals surface area contributed by atoms with E-state index in [9.17, 15) is 65.9 Å². The van der Waals surface area contributed by atoms with Crippen LogP contribution in [0.1, 0.15) is 5.82 Å². The lowest BCUT2D eigenvalue weighted by Crippen LogP contribution is -2.72. The zero-order chi connectivity index (χ0) is 26.8. The molecule has 0 spiro atoms. The molecule has 4 nitrogen and oxygen atoms in total. The van der Waals surface area contributed by atoms with Gasteiger partial charge in [0.25, 0.3) is 5.89 Å². The molecule has 0 saturated carbocycles. The average Bonchev–Trinajstić information content (AvgIpc) is 3.17. The van der Waals surface area contributed by atoms with Crippen molar-refractivity contribution < 1.29 is 74.9 Å². The normalized spacial score (nSPS) is 15.1. The van der Waals surface area contributed by atoms with Crippen molar-refractivity contribution >= 4 is 0 Å². The Morgan fingerprint density at radius 2 is 1.18 bits per heavy atom. The van der Waals surface area contributed by atoms with Gasteiger partial charge in [-0.25, -0.2) is 4.57 Å². The van der Waals surface area contributed by atoms with E-state index in [1.54, 1.807) is 0 Å². The van der Waals surface area contributed by atoms with E-state index in [1.807, 2.05) is 0 Å². The lowest BCUT2D eigenvalue weighted by Gasteiger charge is -2.40. The summed E-state index contributed by atoms with van der Waals surface area (Å²) in [5, 5.41) is 2.19. The molecule has 0 saturated heterocycles. The van der Waals surface area contributed by atoms with Crippen molar-refractivity contribution in [3.8, 4) is 11.5 Å². The summed E-state index contributed by atoms with van der Waals surface area (Å²) in [6.45, 7) is 0. The molecule has 2 aromatic heterocycles. The summed E-state index contributed by atoms with van der Waals surface area (Å²) in [6, 6.07) is 2.22. The summed E-state index contributed by atoms with van der Waals surface area (Å²) in [5.41, 5.74) is -0.323. The van der Waals surface area contributed by atoms with Gasteiger partial charge in [-0.05, 0) is 6.07 Å². The minimum Gasteiger partial charge on any atom is -0.334 e. The summed E-state index contributed by atoms with van der Waals surface area (Å²) in [7, 11) is 1.34. The number of hydrogen-bond acceptors (Lipinski definition) is 3. The van der Waals surface area contributed by atoms with Crippen LogP contribution in [-0.4, -0.2) is 45.9 Å². The maximum atomic E-state index is 14.1. The van der Waals surface area contributed by atoms with Gasteiger partial charge >= 0.3 is 41.7 Å². The Morgan fingerprint density at radius 3 is 1.65 bits per heavy atom. The first-order valence-corrected chi connectivity index (χ1v) is 8.10. The highest BCUT2D eigenvalue weighted by Gasteiger charge is 2.93. The number of nitrogens with zero attached hydrogens (tertiary/aromatic N) is 3. The molecule has 0 fully saturated rings. The van der Waals surface area contributed by atoms with Crippen molar-refractivity contribution in [2.45, 2.75) is 41.7 Å². The molecule has 0 aromatic carbocycles. The Labute approximate surface area is 177 Å². The van der Waals surface area contributed by atoms with Gasteiger partial charge in [-0.1, -0.05) is 5.16 Å². The number of aryl methyl sites for hydroxylation is 1. The van der Waals surface area contributed by atoms with Crippen molar-refractivity contribution in [1.29, 1.82) is 0 Å². The predicted molar refractivity (Wildman–Crippen MR) is 75.6 cm³/mol. The van der Waals surface area contributed by atoms with Gasteiger partial charge in [-0.3, -0.25) is 0 Å². The standard InChI is InChI=1S/C15H7F15N3O/c1-33-4-2-3-6(5-33)7-31-8(32-34-7)9(16,17)10(18,19)11(20,21)12(22,23)13(24,25)14(26,27)15(28,29)30/h2-5H,1H3/q+1. The molecule has 0 aliphatic heterocycles. The van der Waals surface area contributed by atoms with Crippen LogP contribution in [0.2, 0.25) is 0 Å². The Hall–Kier alpha value is -2.76. The highest BCUT2D eigenvalue weighted by Crippen LogP contribution is 2.63. The molecule has 2 heterocycles. The molecule has 34 heavy (non-hydrogen) atoms. The Bertz CT molecular complexity index is 1040. The van der Waals surface area contributed by atoms with Gasteiger partial charge in [0.15, 0.2) is 12.4 Å². The van der Waals surface area contributed by atoms with E-state index >= 15 is 0 Å². The van der Waals surface area contributed by atoms with E-state index in [1.165, 1.54) is 23.9 Å². The molecule has 0 aliphatic rings. The minimum absolute atomic E-state index is 0.323. The van der Waals surface area contributed by atoms with E-state index in [-0.39, 0.29) is 5.56 Å². The van der Waals surface area contributed by atoms with Gasteiger partial charge in [0.1, 0.15) is 12.6 Å². The summed E-state index contributed by atoms with van der Waals surface area (Å²) >= 11 is 0. The Morgan fingerprint density at radius 1 is 0.706 bits per heavy atom. The summed E-state index contributed by atoms with van der Waals surface area (Å²) in [5.74, 6) is -51.3. The highest BCUT2D eigenvalue weighted by atomic mass is 19.4. The fourth-order valence-electron chi connectivity index (χ4n) is 2.29. The van der Waals surface area contributed by atoms with E-state index < -0.39 is 53.4 Å². The average molecular weight is 530 g/mol. The first-order chi connectivity index (χ1) is 15.0. The van der Waals surface area contributed by atoms with Crippen LogP contribution < -0.4 is 4.57 Å². The second kappa shape index (κ2) is 7.62. The van der Waals surface area contributed by atoms with Crippen molar-refractivity contribution in [3.05, 3.63) is 30.4 Å². The number of pyridine rings is 1. The van der Waals surface area contributed by atoms with Crippen molar-refractivity contribution in [2.24, 2.45) is 7.05 Å². The molecule has 0 amide bonds. The van der Waals surface area contributed by atoms with Crippen LogP contribution in [-0.2, 0) is 13.0 Å². The molecule has 192 valence electrons. The summed E-state index contributed by atoms with van der Waals surface area (Å²) in [6.07, 6.45) is -5.30. The van der Waals surface area contributed by atoms with Crippen LogP contribution in [0.25, 0.3) is 11.5 Å². The van der Waals surface area contributed by atoms with E-state index in [0.717, 1.165) is 12.3 Å². The van der Waals surface area contributed by atoms with Crippen molar-refractivity contribution in [2.75, 3.05) is 0 Å². The van der Waals surface area contributed by atoms with Gasteiger partial charge in [0, 0.05) is 6.07 Å². The number of aromatic nitrogens is 3. The first-order valence-electron chi connectivity index (χ1n) is 8.10. The minimum atomic E-state index is -8.38. The molecule has 0 radical (unpaired) electrons. The second-order valence-corrected chi connectivity index (χ2v) is 6.63. The monoisotopic (exact) mass is 530 g/mol. The fraction of sp³-hybridized carbons (Fsp3) is 0.533. The second-order valence-electron chi connectivity index (χ2n) is 6.63. The van der Waals surface area contributed by atoms with Crippen LogP contribution in [0, 0.1) is 0 Å². The van der Waals surface area contributed by atoms with Crippen LogP contribution in [0.4, 0.5) is 65.9 Å². The SMILES string of the molecule is C[n+]1cccc(-c2nc(C(F)(F)C(F)(F)C(F)(F)C(F)(F)C(F)(F)C(F)(F)C(F)(F)F)no2)c1. The molecule has 0 unspecified atom stereocenters. The smallest absolute Gasteiger partial charge is 0.334 e. The predicted octanol–water partition coefficient (Wildman–Crippen LogP) is 5.39. The molecule has 2 rings (SSSR count). The van der Waals surface area contributed by atoms with Crippen LogP contribution in [0.3, 0.4) is 0 Å². The third kappa shape index (κ3) is 3.62. The quantitative estimate of drug-likeness (QED) is 0.356. The van der Waals surface area contributed by atoms with Gasteiger partial charge in [0.2, 0.25) is 5.82 Å². The first kappa shape index (κ1) is 27.5.